The molecule has 2 aliphatic carbocycles. The van der Waals surface area contributed by atoms with E-state index in [-0.39, 0.29) is 0 Å². The van der Waals surface area contributed by atoms with Crippen molar-refractivity contribution < 1.29 is 4.42 Å². The van der Waals surface area contributed by atoms with E-state index in [0.29, 0.717) is 0 Å². The summed E-state index contributed by atoms with van der Waals surface area (Å²) in [6.07, 6.45) is 0. The van der Waals surface area contributed by atoms with Crippen LogP contribution in [0.5, 0.6) is 0 Å². The number of hydrogen-bond donors (Lipinski definition) is 0. The summed E-state index contributed by atoms with van der Waals surface area (Å²) in [5.41, 5.74) is 19.6. The van der Waals surface area contributed by atoms with Crippen LogP contribution in [-0.2, 0) is 5.41 Å². The van der Waals surface area contributed by atoms with Crippen LogP contribution in [0.3, 0.4) is 0 Å². The average Bonchev–Trinajstić information content (AvgIpc) is 4.04. The Balaban J connectivity index is 0.978. The maximum atomic E-state index is 6.69. The summed E-state index contributed by atoms with van der Waals surface area (Å²) >= 11 is 0. The lowest BCUT2D eigenvalue weighted by atomic mass is 9.70. The molecule has 69 heavy (non-hydrogen) atoms. The van der Waals surface area contributed by atoms with Crippen LogP contribution >= 0.6 is 0 Å². The topological polar surface area (TPSA) is 16.4 Å². The molecule has 0 atom stereocenters. The van der Waals surface area contributed by atoms with Gasteiger partial charge < -0.3 is 9.32 Å². The fourth-order valence-electron chi connectivity index (χ4n) is 12.3. The highest BCUT2D eigenvalue weighted by molar-refractivity contribution is 6.17. The van der Waals surface area contributed by atoms with Crippen molar-refractivity contribution in [3.05, 3.63) is 271 Å². The zero-order valence-electron chi connectivity index (χ0n) is 37.5. The van der Waals surface area contributed by atoms with Crippen molar-refractivity contribution in [1.82, 2.24) is 0 Å². The van der Waals surface area contributed by atoms with Crippen LogP contribution in [0.2, 0.25) is 0 Å². The highest BCUT2D eigenvalue weighted by atomic mass is 16.3. The number of nitrogens with zero attached hydrogens (tertiary/aromatic N) is 1. The van der Waals surface area contributed by atoms with Gasteiger partial charge in [0.2, 0.25) is 0 Å². The summed E-state index contributed by atoms with van der Waals surface area (Å²) in [7, 11) is 0. The lowest BCUT2D eigenvalue weighted by Gasteiger charge is -2.32. The molecule has 12 aromatic carbocycles. The monoisotopic (exact) mass is 875 g/mol. The van der Waals surface area contributed by atoms with Crippen LogP contribution < -0.4 is 4.90 Å². The van der Waals surface area contributed by atoms with Crippen LogP contribution in [-0.4, -0.2) is 0 Å². The van der Waals surface area contributed by atoms with Crippen LogP contribution in [0.25, 0.3) is 98.8 Å². The molecule has 15 rings (SSSR count). The lowest BCUT2D eigenvalue weighted by Crippen LogP contribution is -2.26. The van der Waals surface area contributed by atoms with Gasteiger partial charge in [0.25, 0.3) is 0 Å². The number of furan rings is 1. The van der Waals surface area contributed by atoms with E-state index in [4.69, 9.17) is 4.42 Å². The van der Waals surface area contributed by atoms with Gasteiger partial charge in [-0.2, -0.15) is 0 Å². The van der Waals surface area contributed by atoms with Gasteiger partial charge >= 0.3 is 0 Å². The summed E-state index contributed by atoms with van der Waals surface area (Å²) < 4.78 is 6.69. The zero-order chi connectivity index (χ0) is 45.2. The van der Waals surface area contributed by atoms with Gasteiger partial charge in [0.15, 0.2) is 0 Å². The van der Waals surface area contributed by atoms with Gasteiger partial charge in [0.05, 0.1) is 16.8 Å². The normalized spacial score (nSPS) is 13.0. The SMILES string of the molecule is c1ccc(N(c2ccc(-c3ccc4c(ccc5ccccc54)c3)cc2)c2cccc3c2-c2ccccc2C32c3ccccc3-c3ccccc32)c(-c2cccc3oc4cc5ccccc5cc4c23)c1. The zero-order valence-corrected chi connectivity index (χ0v) is 37.5. The number of hydrogen-bond acceptors (Lipinski definition) is 2. The first kappa shape index (κ1) is 38.2. The van der Waals surface area contributed by atoms with Crippen molar-refractivity contribution in [3.8, 4) is 44.5 Å². The van der Waals surface area contributed by atoms with Gasteiger partial charge in [-0.15, -0.1) is 0 Å². The van der Waals surface area contributed by atoms with Crippen molar-refractivity contribution in [3.63, 3.8) is 0 Å². The molecule has 1 aromatic heterocycles. The molecule has 0 amide bonds. The van der Waals surface area contributed by atoms with E-state index >= 15 is 0 Å². The van der Waals surface area contributed by atoms with Crippen LogP contribution in [0.4, 0.5) is 17.1 Å². The van der Waals surface area contributed by atoms with Gasteiger partial charge in [0, 0.05) is 27.6 Å². The maximum absolute atomic E-state index is 6.69. The average molecular weight is 876 g/mol. The Kier molecular flexibility index (Phi) is 8.02. The highest BCUT2D eigenvalue weighted by Gasteiger charge is 2.52. The van der Waals surface area contributed by atoms with Gasteiger partial charge in [-0.3, -0.25) is 0 Å². The van der Waals surface area contributed by atoms with Crippen LogP contribution in [0, 0.1) is 0 Å². The second kappa shape index (κ2) is 14.5. The first-order chi connectivity index (χ1) is 34.2. The third-order valence-electron chi connectivity index (χ3n) is 15.2. The number of fused-ring (bicyclic) bond motifs is 17. The van der Waals surface area contributed by atoms with Crippen LogP contribution in [0.15, 0.2) is 253 Å². The highest BCUT2D eigenvalue weighted by Crippen LogP contribution is 2.65. The molecule has 2 nitrogen and oxygen atoms in total. The number of rotatable bonds is 5. The van der Waals surface area contributed by atoms with E-state index in [1.165, 1.54) is 88.0 Å². The molecule has 0 aliphatic heterocycles. The minimum Gasteiger partial charge on any atom is -0.456 e. The predicted octanol–water partition coefficient (Wildman–Crippen LogP) is 18.2. The molecule has 0 saturated heterocycles. The van der Waals surface area contributed by atoms with E-state index in [1.54, 1.807) is 0 Å². The molecule has 0 fully saturated rings. The Bertz CT molecular complexity index is 4220. The summed E-state index contributed by atoms with van der Waals surface area (Å²) in [5.74, 6) is 0. The first-order valence-corrected chi connectivity index (χ1v) is 23.9. The minimum absolute atomic E-state index is 0.477. The number of anilines is 3. The standard InChI is InChI=1S/C67H41NO/c1-2-17-45-41-64-56(40-44(45)16-1)65-54(23-13-30-63(65)69-64)53-21-8-12-28-61(53)68(48-36-33-42(34-37-48)46-35-38-50-47(39-46)32-31-43-15-3-4-18-49(43)50)62-29-14-27-60-66(62)55-22-7-11-26-59(55)67(60)57-24-9-5-19-51(57)52-20-6-10-25-58(52)67/h1-41H. The molecule has 2 aliphatic rings. The Hall–Kier alpha value is -8.98. The van der Waals surface area contributed by atoms with Gasteiger partial charge in [-0.05, 0) is 136 Å². The van der Waals surface area contributed by atoms with E-state index < -0.39 is 5.41 Å². The molecule has 0 bridgehead atoms. The molecular formula is C67H41NO. The molecule has 13 aromatic rings. The molecule has 0 saturated carbocycles. The quantitative estimate of drug-likeness (QED) is 0.160. The number of benzene rings is 12. The molecular weight excluding hydrogens is 835 g/mol. The van der Waals surface area contributed by atoms with Gasteiger partial charge in [-0.1, -0.05) is 200 Å². The largest absolute Gasteiger partial charge is 0.456 e. The van der Waals surface area contributed by atoms with Gasteiger partial charge in [0.1, 0.15) is 11.2 Å². The van der Waals surface area contributed by atoms with E-state index in [9.17, 15) is 0 Å². The van der Waals surface area contributed by atoms with Crippen molar-refractivity contribution in [2.45, 2.75) is 5.41 Å². The Morgan fingerprint density at radius 1 is 0.304 bits per heavy atom. The van der Waals surface area contributed by atoms with Crippen molar-refractivity contribution >= 4 is 71.3 Å². The minimum atomic E-state index is -0.477. The second-order valence-corrected chi connectivity index (χ2v) is 18.7. The molecule has 1 heterocycles. The summed E-state index contributed by atoms with van der Waals surface area (Å²) in [6.45, 7) is 0. The fraction of sp³-hybridized carbons (Fsp3) is 0.0149. The molecule has 2 heteroatoms. The number of para-hydroxylation sites is 1. The Morgan fingerprint density at radius 2 is 0.855 bits per heavy atom. The van der Waals surface area contributed by atoms with E-state index in [1.807, 2.05) is 0 Å². The Morgan fingerprint density at radius 3 is 1.64 bits per heavy atom. The van der Waals surface area contributed by atoms with Crippen molar-refractivity contribution in [2.75, 3.05) is 4.90 Å². The smallest absolute Gasteiger partial charge is 0.136 e. The third-order valence-corrected chi connectivity index (χ3v) is 15.2. The van der Waals surface area contributed by atoms with Crippen LogP contribution in [0.1, 0.15) is 22.3 Å². The van der Waals surface area contributed by atoms with Crippen molar-refractivity contribution in [2.24, 2.45) is 0 Å². The summed E-state index contributed by atoms with van der Waals surface area (Å²) in [6, 6.07) is 92.0. The summed E-state index contributed by atoms with van der Waals surface area (Å²) in [5, 5.41) is 9.64. The predicted molar refractivity (Wildman–Crippen MR) is 288 cm³/mol. The lowest BCUT2D eigenvalue weighted by molar-refractivity contribution is 0.669. The molecule has 0 radical (unpaired) electrons. The maximum Gasteiger partial charge on any atom is 0.136 e. The van der Waals surface area contributed by atoms with Gasteiger partial charge in [-0.25, -0.2) is 0 Å². The van der Waals surface area contributed by atoms with E-state index in [0.717, 1.165) is 50.1 Å². The first-order valence-electron chi connectivity index (χ1n) is 23.9. The molecule has 0 N–H and O–H groups in total. The second-order valence-electron chi connectivity index (χ2n) is 18.7. The van der Waals surface area contributed by atoms with E-state index in [2.05, 4.69) is 254 Å². The third kappa shape index (κ3) is 5.37. The molecule has 1 spiro atoms. The fourth-order valence-corrected chi connectivity index (χ4v) is 12.3. The molecule has 0 unspecified atom stereocenters. The summed E-state index contributed by atoms with van der Waals surface area (Å²) in [4.78, 5) is 2.52. The van der Waals surface area contributed by atoms with Crippen molar-refractivity contribution in [1.29, 1.82) is 0 Å². The Labute approximate surface area is 399 Å². The molecule has 320 valence electrons.